The zero-order chi connectivity index (χ0) is 26.5. The van der Waals surface area contributed by atoms with Gasteiger partial charge in [0.05, 0.1) is 0 Å². The lowest BCUT2D eigenvalue weighted by atomic mass is 9.88. The Labute approximate surface area is 221 Å². The first-order valence-corrected chi connectivity index (χ1v) is 12.6. The number of fused-ring (bicyclic) bond motifs is 1. The van der Waals surface area contributed by atoms with Crippen molar-refractivity contribution in [2.45, 2.75) is 32.2 Å². The standard InChI is InChI=1S/C31H29N3O4/c1-20-3-10-25(11-4-20)37-26-12-7-22(8-13-26)30(35)34-24-9-5-21-6-14-27(18-23(21)17-24)38-28-15-16-33-29(19-28)31(36)32-2/h3-4,6-8,10-16,18-19,24H,5,9,17H2,1-2H3,(H,32,36)(H,34,35). The van der Waals surface area contributed by atoms with Gasteiger partial charge in [-0.15, -0.1) is 0 Å². The normalized spacial score (nSPS) is 14.2. The molecule has 1 atom stereocenters. The molecule has 2 N–H and O–H groups in total. The van der Waals surface area contributed by atoms with Crippen molar-refractivity contribution >= 4 is 11.8 Å². The van der Waals surface area contributed by atoms with Gasteiger partial charge in [-0.2, -0.15) is 0 Å². The summed E-state index contributed by atoms with van der Waals surface area (Å²) < 4.78 is 11.9. The van der Waals surface area contributed by atoms with Crippen LogP contribution in [0.2, 0.25) is 0 Å². The predicted molar refractivity (Wildman–Crippen MR) is 145 cm³/mol. The molecule has 3 aromatic carbocycles. The average Bonchev–Trinajstić information content (AvgIpc) is 2.94. The summed E-state index contributed by atoms with van der Waals surface area (Å²) in [6.07, 6.45) is 4.01. The number of rotatable bonds is 7. The molecule has 0 radical (unpaired) electrons. The number of pyridine rings is 1. The average molecular weight is 508 g/mol. The molecule has 0 fully saturated rings. The summed E-state index contributed by atoms with van der Waals surface area (Å²) in [5.41, 5.74) is 4.44. The van der Waals surface area contributed by atoms with Crippen LogP contribution in [-0.4, -0.2) is 29.9 Å². The molecule has 1 aliphatic carbocycles. The third-order valence-electron chi connectivity index (χ3n) is 6.54. The lowest BCUT2D eigenvalue weighted by Crippen LogP contribution is -2.38. The van der Waals surface area contributed by atoms with Gasteiger partial charge in [0, 0.05) is 30.9 Å². The van der Waals surface area contributed by atoms with Gasteiger partial charge >= 0.3 is 0 Å². The molecule has 192 valence electrons. The molecule has 1 aliphatic rings. The Morgan fingerprint density at radius 1 is 0.789 bits per heavy atom. The second kappa shape index (κ2) is 11.2. The van der Waals surface area contributed by atoms with Gasteiger partial charge in [-0.25, -0.2) is 0 Å². The Morgan fingerprint density at radius 2 is 1.45 bits per heavy atom. The third-order valence-corrected chi connectivity index (χ3v) is 6.54. The Balaban J connectivity index is 1.20. The van der Waals surface area contributed by atoms with Gasteiger partial charge in [-0.05, 0) is 91.9 Å². The minimum absolute atomic E-state index is 0.0227. The van der Waals surface area contributed by atoms with Crippen molar-refractivity contribution < 1.29 is 19.1 Å². The van der Waals surface area contributed by atoms with Crippen LogP contribution in [0.15, 0.2) is 85.1 Å². The first-order valence-electron chi connectivity index (χ1n) is 12.6. The molecule has 7 heteroatoms. The molecule has 0 saturated carbocycles. The summed E-state index contributed by atoms with van der Waals surface area (Å²) in [5, 5.41) is 5.74. The van der Waals surface area contributed by atoms with Crippen LogP contribution >= 0.6 is 0 Å². The Hall–Kier alpha value is -4.65. The van der Waals surface area contributed by atoms with Gasteiger partial charge in [0.25, 0.3) is 11.8 Å². The van der Waals surface area contributed by atoms with Crippen LogP contribution in [-0.2, 0) is 12.8 Å². The second-order valence-corrected chi connectivity index (χ2v) is 9.34. The molecule has 1 heterocycles. The minimum Gasteiger partial charge on any atom is -0.457 e. The van der Waals surface area contributed by atoms with Crippen molar-refractivity contribution in [3.05, 3.63) is 113 Å². The maximum absolute atomic E-state index is 12.9. The van der Waals surface area contributed by atoms with E-state index in [2.05, 4.69) is 21.7 Å². The van der Waals surface area contributed by atoms with Crippen LogP contribution in [0.25, 0.3) is 0 Å². The Bertz CT molecular complexity index is 1450. The van der Waals surface area contributed by atoms with Gasteiger partial charge in [0.2, 0.25) is 0 Å². The van der Waals surface area contributed by atoms with E-state index in [1.165, 1.54) is 11.1 Å². The highest BCUT2D eigenvalue weighted by molar-refractivity contribution is 5.94. The highest BCUT2D eigenvalue weighted by atomic mass is 16.5. The quantitative estimate of drug-likeness (QED) is 0.339. The minimum atomic E-state index is -0.270. The summed E-state index contributed by atoms with van der Waals surface area (Å²) in [7, 11) is 1.56. The summed E-state index contributed by atoms with van der Waals surface area (Å²) in [5.74, 6) is 2.27. The number of aryl methyl sites for hydroxylation is 2. The molecule has 1 unspecified atom stereocenters. The van der Waals surface area contributed by atoms with E-state index < -0.39 is 0 Å². The van der Waals surface area contributed by atoms with Crippen molar-refractivity contribution in [1.29, 1.82) is 0 Å². The SMILES string of the molecule is CNC(=O)c1cc(Oc2ccc3c(c2)CC(NC(=O)c2ccc(Oc4ccc(C)cc4)cc2)CC3)ccn1. The topological polar surface area (TPSA) is 89.6 Å². The summed E-state index contributed by atoms with van der Waals surface area (Å²) >= 11 is 0. The smallest absolute Gasteiger partial charge is 0.269 e. The van der Waals surface area contributed by atoms with E-state index in [-0.39, 0.29) is 17.9 Å². The summed E-state index contributed by atoms with van der Waals surface area (Å²) in [6, 6.07) is 24.4. The van der Waals surface area contributed by atoms with Crippen molar-refractivity contribution in [1.82, 2.24) is 15.6 Å². The van der Waals surface area contributed by atoms with Gasteiger partial charge in [-0.3, -0.25) is 14.6 Å². The van der Waals surface area contributed by atoms with E-state index >= 15 is 0 Å². The zero-order valence-electron chi connectivity index (χ0n) is 21.4. The van der Waals surface area contributed by atoms with Crippen molar-refractivity contribution in [3.63, 3.8) is 0 Å². The number of benzene rings is 3. The van der Waals surface area contributed by atoms with Crippen LogP contribution in [0.3, 0.4) is 0 Å². The van der Waals surface area contributed by atoms with Gasteiger partial charge in [-0.1, -0.05) is 23.8 Å². The summed E-state index contributed by atoms with van der Waals surface area (Å²) in [6.45, 7) is 2.03. The first-order chi connectivity index (χ1) is 18.5. The summed E-state index contributed by atoms with van der Waals surface area (Å²) in [4.78, 5) is 28.9. The molecular weight excluding hydrogens is 478 g/mol. The molecule has 0 bridgehead atoms. The number of carbonyl (C=O) groups excluding carboxylic acids is 2. The zero-order valence-corrected chi connectivity index (χ0v) is 21.4. The highest BCUT2D eigenvalue weighted by Gasteiger charge is 2.21. The fraction of sp³-hybridized carbons (Fsp3) is 0.194. The van der Waals surface area contributed by atoms with E-state index in [0.717, 1.165) is 24.2 Å². The van der Waals surface area contributed by atoms with Gasteiger partial charge in [0.15, 0.2) is 0 Å². The van der Waals surface area contributed by atoms with Crippen molar-refractivity contribution in [3.8, 4) is 23.0 Å². The van der Waals surface area contributed by atoms with E-state index in [1.54, 1.807) is 37.5 Å². The fourth-order valence-corrected chi connectivity index (χ4v) is 4.47. The van der Waals surface area contributed by atoms with Crippen LogP contribution in [0.1, 0.15) is 44.0 Å². The Morgan fingerprint density at radius 3 is 2.18 bits per heavy atom. The third kappa shape index (κ3) is 6.00. The molecule has 4 aromatic rings. The molecule has 0 spiro atoms. The van der Waals surface area contributed by atoms with E-state index in [4.69, 9.17) is 9.47 Å². The monoisotopic (exact) mass is 507 g/mol. The van der Waals surface area contributed by atoms with Gasteiger partial charge < -0.3 is 20.1 Å². The van der Waals surface area contributed by atoms with Crippen LogP contribution in [0.4, 0.5) is 0 Å². The number of ether oxygens (including phenoxy) is 2. The highest BCUT2D eigenvalue weighted by Crippen LogP contribution is 2.29. The molecule has 0 aliphatic heterocycles. The number of nitrogens with one attached hydrogen (secondary N) is 2. The molecule has 2 amide bonds. The van der Waals surface area contributed by atoms with Crippen molar-refractivity contribution in [2.75, 3.05) is 7.05 Å². The largest absolute Gasteiger partial charge is 0.457 e. The lowest BCUT2D eigenvalue weighted by Gasteiger charge is -2.26. The number of carbonyl (C=O) groups is 2. The number of hydrogen-bond acceptors (Lipinski definition) is 5. The van der Waals surface area contributed by atoms with E-state index in [9.17, 15) is 9.59 Å². The van der Waals surface area contributed by atoms with E-state index in [0.29, 0.717) is 34.9 Å². The maximum atomic E-state index is 12.9. The van der Waals surface area contributed by atoms with Gasteiger partial charge in [0.1, 0.15) is 28.7 Å². The van der Waals surface area contributed by atoms with Crippen LogP contribution in [0.5, 0.6) is 23.0 Å². The first kappa shape index (κ1) is 25.0. The molecule has 0 saturated heterocycles. The number of aromatic nitrogens is 1. The van der Waals surface area contributed by atoms with Crippen LogP contribution < -0.4 is 20.1 Å². The number of nitrogens with zero attached hydrogens (tertiary/aromatic N) is 1. The molecular formula is C31H29N3O4. The number of amides is 2. The fourth-order valence-electron chi connectivity index (χ4n) is 4.47. The maximum Gasteiger partial charge on any atom is 0.269 e. The molecule has 7 nitrogen and oxygen atoms in total. The van der Waals surface area contributed by atoms with E-state index in [1.807, 2.05) is 55.5 Å². The van der Waals surface area contributed by atoms with Crippen molar-refractivity contribution in [2.24, 2.45) is 0 Å². The Kier molecular flexibility index (Phi) is 7.35. The molecule has 38 heavy (non-hydrogen) atoms. The molecule has 1 aromatic heterocycles. The number of hydrogen-bond donors (Lipinski definition) is 2. The lowest BCUT2D eigenvalue weighted by molar-refractivity contribution is 0.0931. The predicted octanol–water partition coefficient (Wildman–Crippen LogP) is 5.62. The van der Waals surface area contributed by atoms with Crippen LogP contribution in [0, 0.1) is 6.92 Å². The second-order valence-electron chi connectivity index (χ2n) is 9.34. The molecule has 5 rings (SSSR count).